The monoisotopic (exact) mass is 277 g/mol. The number of nitrogens with zero attached hydrogens (tertiary/aromatic N) is 4. The zero-order chi connectivity index (χ0) is 13.2. The van der Waals surface area contributed by atoms with E-state index >= 15 is 0 Å². The third kappa shape index (κ3) is 2.26. The number of esters is 1. The van der Waals surface area contributed by atoms with Gasteiger partial charge in [0, 0.05) is 24.4 Å². The molecule has 2 N–H and O–H groups in total. The maximum atomic E-state index is 11.4. The van der Waals surface area contributed by atoms with Crippen LogP contribution in [0.2, 0.25) is 0 Å². The van der Waals surface area contributed by atoms with Crippen LogP contribution in [-0.2, 0) is 9.53 Å². The fourth-order valence-corrected chi connectivity index (χ4v) is 2.68. The van der Waals surface area contributed by atoms with Gasteiger partial charge in [0.05, 0.1) is 6.61 Å². The minimum absolute atomic E-state index is 0.226. The zero-order valence-electron chi connectivity index (χ0n) is 9.89. The molecule has 0 spiro atoms. The molecule has 3 heterocycles. The molecule has 3 rings (SSSR count). The van der Waals surface area contributed by atoms with Crippen LogP contribution in [0, 0.1) is 0 Å². The number of cyclic esters (lactones) is 1. The number of nitrogens with two attached hydrogens (primary N) is 1. The number of aromatic nitrogens is 4. The van der Waals surface area contributed by atoms with Crippen molar-refractivity contribution in [1.29, 1.82) is 0 Å². The summed E-state index contributed by atoms with van der Waals surface area (Å²) in [6.45, 7) is 0.449. The minimum atomic E-state index is -0.256. The quantitative estimate of drug-likeness (QED) is 0.643. The Kier molecular flexibility index (Phi) is 3.08. The Morgan fingerprint density at radius 1 is 1.47 bits per heavy atom. The van der Waals surface area contributed by atoms with Crippen molar-refractivity contribution in [3.8, 4) is 11.4 Å². The fourth-order valence-electron chi connectivity index (χ4n) is 1.76. The molecule has 0 radical (unpaired) electrons. The Labute approximate surface area is 113 Å². The first-order valence-corrected chi connectivity index (χ1v) is 6.58. The molecule has 1 fully saturated rings. The number of hydrogen-bond donors (Lipinski definition) is 1. The van der Waals surface area contributed by atoms with E-state index in [0.717, 1.165) is 5.56 Å². The molecule has 98 valence electrons. The Hall–Kier alpha value is -2.09. The number of thioether (sulfide) groups is 1. The maximum Gasteiger partial charge on any atom is 0.319 e. The zero-order valence-corrected chi connectivity index (χ0v) is 10.7. The van der Waals surface area contributed by atoms with E-state index in [2.05, 4.69) is 15.2 Å². The molecule has 0 unspecified atom stereocenters. The number of pyridine rings is 1. The molecule has 0 amide bonds. The lowest BCUT2D eigenvalue weighted by Crippen LogP contribution is -2.15. The molecule has 0 saturated carbocycles. The number of carbonyl (C=O) groups is 1. The third-order valence-electron chi connectivity index (χ3n) is 2.72. The average molecular weight is 277 g/mol. The first kappa shape index (κ1) is 12.0. The number of carbonyl (C=O) groups excluding carboxylic acids is 1. The molecule has 1 aliphatic rings. The molecule has 1 saturated heterocycles. The summed E-state index contributed by atoms with van der Waals surface area (Å²) < 4.78 is 6.27. The Bertz CT molecular complexity index is 600. The lowest BCUT2D eigenvalue weighted by atomic mass is 10.3. The van der Waals surface area contributed by atoms with Crippen molar-refractivity contribution >= 4 is 17.7 Å². The number of hydrogen-bond acceptors (Lipinski definition) is 7. The summed E-state index contributed by atoms with van der Waals surface area (Å²) in [7, 11) is 0. The molecule has 1 aliphatic heterocycles. The highest BCUT2D eigenvalue weighted by Gasteiger charge is 2.29. The van der Waals surface area contributed by atoms with Crippen LogP contribution in [0.25, 0.3) is 11.4 Å². The summed E-state index contributed by atoms with van der Waals surface area (Å²) in [5, 5.41) is 8.27. The van der Waals surface area contributed by atoms with Crippen molar-refractivity contribution in [1.82, 2.24) is 19.9 Å². The molecule has 19 heavy (non-hydrogen) atoms. The van der Waals surface area contributed by atoms with Crippen LogP contribution in [0.15, 0.2) is 29.7 Å². The average Bonchev–Trinajstić information content (AvgIpc) is 2.99. The van der Waals surface area contributed by atoms with E-state index in [-0.39, 0.29) is 11.2 Å². The van der Waals surface area contributed by atoms with Gasteiger partial charge < -0.3 is 10.6 Å². The highest BCUT2D eigenvalue weighted by atomic mass is 32.2. The highest BCUT2D eigenvalue weighted by molar-refractivity contribution is 8.00. The van der Waals surface area contributed by atoms with Crippen LogP contribution < -0.4 is 5.84 Å². The number of rotatable bonds is 3. The number of ether oxygens (including phenoxy) is 1. The van der Waals surface area contributed by atoms with Gasteiger partial charge in [-0.15, -0.1) is 10.2 Å². The van der Waals surface area contributed by atoms with E-state index in [1.807, 2.05) is 6.07 Å². The van der Waals surface area contributed by atoms with Crippen molar-refractivity contribution in [2.24, 2.45) is 0 Å². The molecule has 2 aromatic heterocycles. The van der Waals surface area contributed by atoms with Crippen LogP contribution in [0.4, 0.5) is 0 Å². The van der Waals surface area contributed by atoms with E-state index in [9.17, 15) is 4.79 Å². The molecule has 2 aromatic rings. The van der Waals surface area contributed by atoms with E-state index in [4.69, 9.17) is 10.6 Å². The van der Waals surface area contributed by atoms with Gasteiger partial charge in [-0.25, -0.2) is 4.68 Å². The van der Waals surface area contributed by atoms with Crippen LogP contribution in [-0.4, -0.2) is 37.7 Å². The van der Waals surface area contributed by atoms with Gasteiger partial charge in [0.2, 0.25) is 5.16 Å². The second-order valence-corrected chi connectivity index (χ2v) is 5.15. The van der Waals surface area contributed by atoms with E-state index in [1.54, 1.807) is 18.5 Å². The van der Waals surface area contributed by atoms with Crippen LogP contribution in [0.5, 0.6) is 0 Å². The van der Waals surface area contributed by atoms with Gasteiger partial charge in [0.25, 0.3) is 0 Å². The molecule has 1 atom stereocenters. The second-order valence-electron chi connectivity index (χ2n) is 3.98. The van der Waals surface area contributed by atoms with Gasteiger partial charge in [0.15, 0.2) is 5.82 Å². The van der Waals surface area contributed by atoms with Crippen LogP contribution in [0.1, 0.15) is 6.42 Å². The summed E-state index contributed by atoms with van der Waals surface area (Å²) in [6, 6.07) is 3.64. The number of nitrogen functional groups attached to an aromatic ring is 1. The predicted octanol–water partition coefficient (Wildman–Crippen LogP) is 0.461. The van der Waals surface area contributed by atoms with E-state index < -0.39 is 0 Å². The van der Waals surface area contributed by atoms with Crippen molar-refractivity contribution in [3.05, 3.63) is 24.5 Å². The fraction of sp³-hybridized carbons (Fsp3) is 0.273. The molecule has 0 aromatic carbocycles. The van der Waals surface area contributed by atoms with E-state index in [0.29, 0.717) is 24.0 Å². The maximum absolute atomic E-state index is 11.4. The first-order valence-electron chi connectivity index (χ1n) is 5.70. The summed E-state index contributed by atoms with van der Waals surface area (Å²) in [5.74, 6) is 6.24. The first-order chi connectivity index (χ1) is 9.25. The lowest BCUT2D eigenvalue weighted by molar-refractivity contribution is -0.137. The molecule has 0 aliphatic carbocycles. The largest absolute Gasteiger partial charge is 0.465 e. The molecule has 8 heteroatoms. The Morgan fingerprint density at radius 3 is 3.05 bits per heavy atom. The predicted molar refractivity (Wildman–Crippen MR) is 68.6 cm³/mol. The smallest absolute Gasteiger partial charge is 0.319 e. The van der Waals surface area contributed by atoms with Crippen molar-refractivity contribution < 1.29 is 9.53 Å². The van der Waals surface area contributed by atoms with Crippen molar-refractivity contribution in [2.75, 3.05) is 12.4 Å². The summed E-state index contributed by atoms with van der Waals surface area (Å²) in [5.41, 5.74) is 0.776. The van der Waals surface area contributed by atoms with E-state index in [1.165, 1.54) is 16.4 Å². The molecule has 7 nitrogen and oxygen atoms in total. The summed E-state index contributed by atoms with van der Waals surface area (Å²) in [6.07, 6.45) is 4.00. The van der Waals surface area contributed by atoms with Crippen LogP contribution >= 0.6 is 11.8 Å². The second kappa shape index (κ2) is 4.88. The topological polar surface area (TPSA) is 95.9 Å². The minimum Gasteiger partial charge on any atom is -0.465 e. The van der Waals surface area contributed by atoms with Gasteiger partial charge in [-0.1, -0.05) is 11.8 Å². The van der Waals surface area contributed by atoms with Gasteiger partial charge >= 0.3 is 5.97 Å². The van der Waals surface area contributed by atoms with Crippen molar-refractivity contribution in [2.45, 2.75) is 16.8 Å². The molecular weight excluding hydrogens is 266 g/mol. The van der Waals surface area contributed by atoms with Gasteiger partial charge in [-0.2, -0.15) is 0 Å². The summed E-state index contributed by atoms with van der Waals surface area (Å²) in [4.78, 5) is 15.4. The molecular formula is C11H11N5O2S. The Morgan fingerprint density at radius 2 is 2.37 bits per heavy atom. The van der Waals surface area contributed by atoms with Crippen molar-refractivity contribution in [3.63, 3.8) is 0 Å². The Balaban J connectivity index is 1.85. The summed E-state index contributed by atoms with van der Waals surface area (Å²) >= 11 is 1.27. The highest BCUT2D eigenvalue weighted by Crippen LogP contribution is 2.29. The molecule has 0 bridgehead atoms. The SMILES string of the molecule is Nn1c(S[C@@H]2CCOC2=O)nnc1-c1cccnc1. The lowest BCUT2D eigenvalue weighted by Gasteiger charge is -2.05. The normalized spacial score (nSPS) is 18.5. The van der Waals surface area contributed by atoms with Gasteiger partial charge in [-0.05, 0) is 12.1 Å². The standard InChI is InChI=1S/C11H11N5O2S/c12-16-9(7-2-1-4-13-6-7)14-15-11(16)19-8-3-5-18-10(8)17/h1-2,4,6,8H,3,5,12H2/t8-/m1/s1. The van der Waals surface area contributed by atoms with Crippen LogP contribution in [0.3, 0.4) is 0 Å². The third-order valence-corrected chi connectivity index (χ3v) is 3.92. The van der Waals surface area contributed by atoms with Gasteiger partial charge in [-0.3, -0.25) is 9.78 Å². The van der Waals surface area contributed by atoms with Gasteiger partial charge in [0.1, 0.15) is 5.25 Å².